The van der Waals surface area contributed by atoms with Crippen molar-refractivity contribution < 1.29 is 14.0 Å². The number of benzene rings is 2. The monoisotopic (exact) mass is 398 g/mol. The predicted octanol–water partition coefficient (Wildman–Crippen LogP) is 5.89. The average molecular weight is 399 g/mol. The summed E-state index contributed by atoms with van der Waals surface area (Å²) in [5, 5.41) is 0.237. The van der Waals surface area contributed by atoms with Crippen LogP contribution in [0.25, 0.3) is 0 Å². The van der Waals surface area contributed by atoms with Gasteiger partial charge in [-0.3, -0.25) is 4.79 Å². The molecule has 0 radical (unpaired) electrons. The second kappa shape index (κ2) is 10.1. The molecule has 0 N–H and O–H groups in total. The van der Waals surface area contributed by atoms with Crippen LogP contribution >= 0.6 is 0 Å². The van der Waals surface area contributed by atoms with Gasteiger partial charge in [-0.25, -0.2) is 0 Å². The maximum Gasteiger partial charge on any atom is 0.193 e. The first-order valence-corrected chi connectivity index (χ1v) is 13.0. The Bertz CT molecular complexity index is 731. The zero-order valence-corrected chi connectivity index (χ0v) is 19.0. The summed E-state index contributed by atoms with van der Waals surface area (Å²) in [6.45, 7) is 13.3. The quantitative estimate of drug-likeness (QED) is 0.284. The number of carbonyl (C=O) groups excluding carboxylic acids is 1. The molecule has 0 heterocycles. The Labute approximate surface area is 171 Å². The van der Waals surface area contributed by atoms with E-state index in [2.05, 4.69) is 33.9 Å². The second-order valence-corrected chi connectivity index (χ2v) is 13.5. The summed E-state index contributed by atoms with van der Waals surface area (Å²) in [4.78, 5) is 12.4. The number of aryl methyl sites for hydroxylation is 1. The van der Waals surface area contributed by atoms with Gasteiger partial charge in [0.15, 0.2) is 14.1 Å². The molecular weight excluding hydrogens is 364 g/mol. The number of ketones is 1. The highest BCUT2D eigenvalue weighted by Crippen LogP contribution is 2.36. The van der Waals surface area contributed by atoms with Crippen molar-refractivity contribution >= 4 is 14.1 Å². The summed E-state index contributed by atoms with van der Waals surface area (Å²) < 4.78 is 11.8. The van der Waals surface area contributed by atoms with Gasteiger partial charge in [0.25, 0.3) is 0 Å². The summed E-state index contributed by atoms with van der Waals surface area (Å²) in [5.41, 5.74) is 2.68. The second-order valence-electron chi connectivity index (χ2n) is 8.72. The first-order valence-electron chi connectivity index (χ1n) is 10.1. The summed E-state index contributed by atoms with van der Waals surface area (Å²) >= 11 is 0. The van der Waals surface area contributed by atoms with Crippen LogP contribution in [-0.4, -0.2) is 33.9 Å². The largest absolute Gasteiger partial charge is 0.414 e. The minimum atomic E-state index is -1.67. The van der Waals surface area contributed by atoms with E-state index in [0.29, 0.717) is 13.2 Å². The highest BCUT2D eigenvalue weighted by atomic mass is 28.4. The standard InChI is InChI=1S/C24H34O3Si/c1-24(2,3)28(4,5)27-19-18-26-17-9-10-20-13-15-22(16-14-20)23(25)21-11-7-6-8-12-21/h6-8,11-16H,9-10,17-19H2,1-5H3. The molecule has 0 amide bonds. The van der Waals surface area contributed by atoms with E-state index in [4.69, 9.17) is 9.16 Å². The minimum Gasteiger partial charge on any atom is -0.414 e. The molecule has 0 spiro atoms. The van der Waals surface area contributed by atoms with Crippen molar-refractivity contribution in [2.75, 3.05) is 19.8 Å². The van der Waals surface area contributed by atoms with Crippen LogP contribution in [0.1, 0.15) is 48.7 Å². The van der Waals surface area contributed by atoms with Crippen molar-refractivity contribution in [3.8, 4) is 0 Å². The summed E-state index contributed by atoms with van der Waals surface area (Å²) in [6.07, 6.45) is 1.91. The molecule has 2 aromatic rings. The number of carbonyl (C=O) groups is 1. The fraction of sp³-hybridized carbons (Fsp3) is 0.458. The van der Waals surface area contributed by atoms with E-state index < -0.39 is 8.32 Å². The molecule has 0 unspecified atom stereocenters. The van der Waals surface area contributed by atoms with E-state index in [9.17, 15) is 4.79 Å². The van der Waals surface area contributed by atoms with E-state index in [1.807, 2.05) is 54.6 Å². The molecular formula is C24H34O3Si. The SMILES string of the molecule is CC(C)(C)[Si](C)(C)OCCOCCCc1ccc(C(=O)c2ccccc2)cc1. The van der Waals surface area contributed by atoms with Crippen molar-refractivity contribution in [2.45, 2.75) is 51.7 Å². The third-order valence-corrected chi connectivity index (χ3v) is 10.0. The zero-order valence-electron chi connectivity index (χ0n) is 18.0. The van der Waals surface area contributed by atoms with Crippen molar-refractivity contribution in [1.82, 2.24) is 0 Å². The van der Waals surface area contributed by atoms with Gasteiger partial charge in [-0.1, -0.05) is 75.4 Å². The number of ether oxygens (including phenoxy) is 1. The van der Waals surface area contributed by atoms with Crippen molar-refractivity contribution in [3.05, 3.63) is 71.3 Å². The van der Waals surface area contributed by atoms with Gasteiger partial charge in [-0.05, 0) is 36.5 Å². The molecule has 0 aliphatic heterocycles. The van der Waals surface area contributed by atoms with Gasteiger partial charge in [0.1, 0.15) is 0 Å². The number of hydrogen-bond donors (Lipinski definition) is 0. The van der Waals surface area contributed by atoms with Crippen LogP contribution in [0, 0.1) is 0 Å². The van der Waals surface area contributed by atoms with E-state index in [0.717, 1.165) is 30.6 Å². The van der Waals surface area contributed by atoms with E-state index in [-0.39, 0.29) is 10.8 Å². The van der Waals surface area contributed by atoms with E-state index in [1.165, 1.54) is 5.56 Å². The summed E-state index contributed by atoms with van der Waals surface area (Å²) in [5.74, 6) is 0.0669. The lowest BCUT2D eigenvalue weighted by molar-refractivity contribution is 0.0939. The molecule has 152 valence electrons. The fourth-order valence-corrected chi connectivity index (χ4v) is 3.66. The van der Waals surface area contributed by atoms with Crippen LogP contribution in [0.15, 0.2) is 54.6 Å². The number of hydrogen-bond acceptors (Lipinski definition) is 3. The zero-order chi connectivity index (χ0) is 20.6. The molecule has 0 saturated heterocycles. The topological polar surface area (TPSA) is 35.5 Å². The summed E-state index contributed by atoms with van der Waals surface area (Å²) in [6, 6.07) is 17.3. The Kier molecular flexibility index (Phi) is 8.17. The normalized spacial score (nSPS) is 12.2. The van der Waals surface area contributed by atoms with E-state index >= 15 is 0 Å². The Morgan fingerprint density at radius 2 is 1.46 bits per heavy atom. The van der Waals surface area contributed by atoms with Crippen LogP contribution < -0.4 is 0 Å². The van der Waals surface area contributed by atoms with Crippen LogP contribution in [0.2, 0.25) is 18.1 Å². The van der Waals surface area contributed by atoms with Gasteiger partial charge in [-0.2, -0.15) is 0 Å². The first kappa shape index (κ1) is 22.5. The van der Waals surface area contributed by atoms with Gasteiger partial charge >= 0.3 is 0 Å². The van der Waals surface area contributed by atoms with Crippen molar-refractivity contribution in [2.24, 2.45) is 0 Å². The Hall–Kier alpha value is -1.75. The molecule has 0 aliphatic rings. The Morgan fingerprint density at radius 1 is 0.857 bits per heavy atom. The third kappa shape index (κ3) is 6.69. The maximum atomic E-state index is 12.4. The van der Waals surface area contributed by atoms with Gasteiger partial charge in [0, 0.05) is 17.7 Å². The molecule has 0 aliphatic carbocycles. The van der Waals surface area contributed by atoms with E-state index in [1.54, 1.807) is 0 Å². The molecule has 3 nitrogen and oxygen atoms in total. The third-order valence-electron chi connectivity index (χ3n) is 5.50. The van der Waals surface area contributed by atoms with Gasteiger partial charge in [-0.15, -0.1) is 0 Å². The van der Waals surface area contributed by atoms with Crippen molar-refractivity contribution in [1.29, 1.82) is 0 Å². The lowest BCUT2D eigenvalue weighted by atomic mass is 10.0. The number of rotatable bonds is 10. The van der Waals surface area contributed by atoms with Crippen LogP contribution in [0.3, 0.4) is 0 Å². The molecule has 0 saturated carbocycles. The molecule has 2 rings (SSSR count). The van der Waals surface area contributed by atoms with Gasteiger partial charge in [0.2, 0.25) is 0 Å². The molecule has 4 heteroatoms. The molecule has 0 aromatic heterocycles. The molecule has 2 aromatic carbocycles. The fourth-order valence-electron chi connectivity index (χ4n) is 2.63. The lowest BCUT2D eigenvalue weighted by Crippen LogP contribution is -2.41. The Balaban J connectivity index is 1.67. The molecule has 0 atom stereocenters. The predicted molar refractivity (Wildman–Crippen MR) is 119 cm³/mol. The lowest BCUT2D eigenvalue weighted by Gasteiger charge is -2.36. The highest BCUT2D eigenvalue weighted by Gasteiger charge is 2.36. The minimum absolute atomic E-state index is 0.0669. The average Bonchev–Trinajstić information content (AvgIpc) is 2.67. The first-order chi connectivity index (χ1) is 13.2. The molecule has 28 heavy (non-hydrogen) atoms. The highest BCUT2D eigenvalue weighted by molar-refractivity contribution is 6.74. The smallest absolute Gasteiger partial charge is 0.193 e. The van der Waals surface area contributed by atoms with Gasteiger partial charge < -0.3 is 9.16 Å². The summed E-state index contributed by atoms with van der Waals surface area (Å²) in [7, 11) is -1.67. The molecule has 0 bridgehead atoms. The van der Waals surface area contributed by atoms with Crippen LogP contribution in [0.5, 0.6) is 0 Å². The van der Waals surface area contributed by atoms with Gasteiger partial charge in [0.05, 0.1) is 13.2 Å². The maximum absolute atomic E-state index is 12.4. The van der Waals surface area contributed by atoms with Crippen LogP contribution in [0.4, 0.5) is 0 Å². The van der Waals surface area contributed by atoms with Crippen molar-refractivity contribution in [3.63, 3.8) is 0 Å². The van der Waals surface area contributed by atoms with Crippen LogP contribution in [-0.2, 0) is 15.6 Å². The molecule has 0 fully saturated rings. The Morgan fingerprint density at radius 3 is 2.07 bits per heavy atom.